The number of hydrogen-bond donors (Lipinski definition) is 0. The molecule has 0 aliphatic carbocycles. The number of hydrogen-bond acceptors (Lipinski definition) is 1. The van der Waals surface area contributed by atoms with E-state index in [0.717, 1.165) is 22.2 Å². The standard InChI is InChI=1S/C30H26N2OP/c1-21(25-17-15-23-9-3-5-11-27(23)19-25)31-29-13-7-8-14-30(29)32(34(31)33)22(2)26-18-16-24-10-4-6-12-28(24)20-26/h3-22H,1-2H3/q+1/t21-,22-/m1/s1. The highest BCUT2D eigenvalue weighted by Gasteiger charge is 2.31. The topological polar surface area (TPSA) is 26.9 Å². The molecule has 34 heavy (non-hydrogen) atoms. The average Bonchev–Trinajstić information content (AvgIpc) is 3.18. The van der Waals surface area contributed by atoms with E-state index in [-0.39, 0.29) is 12.1 Å². The van der Waals surface area contributed by atoms with Gasteiger partial charge in [-0.15, -0.1) is 8.66 Å². The van der Waals surface area contributed by atoms with Gasteiger partial charge in [0, 0.05) is 0 Å². The van der Waals surface area contributed by atoms with Gasteiger partial charge in [0.15, 0.2) is 0 Å². The molecule has 0 aliphatic rings. The number of nitrogens with zero attached hydrogens (tertiary/aromatic N) is 2. The van der Waals surface area contributed by atoms with E-state index >= 15 is 0 Å². The minimum absolute atomic E-state index is 0.0248. The maximum atomic E-state index is 14.1. The van der Waals surface area contributed by atoms with Crippen molar-refractivity contribution in [3.05, 3.63) is 120 Å². The van der Waals surface area contributed by atoms with E-state index in [0.29, 0.717) is 0 Å². The maximum absolute atomic E-state index is 14.1. The van der Waals surface area contributed by atoms with Crippen molar-refractivity contribution < 1.29 is 4.57 Å². The predicted molar refractivity (Wildman–Crippen MR) is 143 cm³/mol. The summed E-state index contributed by atoms with van der Waals surface area (Å²) in [7, 11) is -1.81. The van der Waals surface area contributed by atoms with Crippen molar-refractivity contribution in [3.63, 3.8) is 0 Å². The van der Waals surface area contributed by atoms with Gasteiger partial charge in [-0.05, 0) is 75.3 Å². The Balaban J connectivity index is 1.51. The Morgan fingerprint density at radius 2 is 0.912 bits per heavy atom. The molecule has 0 saturated heterocycles. The Labute approximate surface area is 199 Å². The first-order valence-corrected chi connectivity index (χ1v) is 12.9. The largest absolute Gasteiger partial charge is 0.597 e. The van der Waals surface area contributed by atoms with Crippen LogP contribution < -0.4 is 0 Å². The normalized spacial score (nSPS) is 13.5. The molecule has 0 radical (unpaired) electrons. The first kappa shape index (κ1) is 20.9. The highest BCUT2D eigenvalue weighted by atomic mass is 31.1. The Morgan fingerprint density at radius 3 is 1.35 bits per heavy atom. The second-order valence-corrected chi connectivity index (χ2v) is 10.4. The Bertz CT molecular complexity index is 1600. The van der Waals surface area contributed by atoms with E-state index in [1.807, 2.05) is 12.1 Å². The van der Waals surface area contributed by atoms with Crippen molar-refractivity contribution in [2.45, 2.75) is 25.9 Å². The fraction of sp³-hybridized carbons (Fsp3) is 0.133. The zero-order chi connectivity index (χ0) is 23.2. The van der Waals surface area contributed by atoms with E-state index in [1.54, 1.807) is 0 Å². The van der Waals surface area contributed by atoms with Crippen molar-refractivity contribution in [1.82, 2.24) is 8.66 Å². The third-order valence-electron chi connectivity index (χ3n) is 6.99. The van der Waals surface area contributed by atoms with Crippen LogP contribution in [0.5, 0.6) is 0 Å². The van der Waals surface area contributed by atoms with Gasteiger partial charge in [0.1, 0.15) is 11.0 Å². The van der Waals surface area contributed by atoms with Gasteiger partial charge in [-0.25, -0.2) is 0 Å². The summed E-state index contributed by atoms with van der Waals surface area (Å²) in [4.78, 5) is 0. The molecule has 1 heterocycles. The fourth-order valence-corrected chi connectivity index (χ4v) is 6.84. The summed E-state index contributed by atoms with van der Waals surface area (Å²) in [6.07, 6.45) is 0. The van der Waals surface area contributed by atoms with Crippen molar-refractivity contribution in [2.24, 2.45) is 0 Å². The summed E-state index contributed by atoms with van der Waals surface area (Å²) in [6, 6.07) is 38.1. The summed E-state index contributed by atoms with van der Waals surface area (Å²) in [5, 5.41) is 4.85. The van der Waals surface area contributed by atoms with Crippen LogP contribution in [0.25, 0.3) is 32.6 Å². The van der Waals surface area contributed by atoms with Crippen LogP contribution in [0.3, 0.4) is 0 Å². The van der Waals surface area contributed by atoms with E-state index in [4.69, 9.17) is 0 Å². The van der Waals surface area contributed by atoms with E-state index in [2.05, 4.69) is 120 Å². The highest BCUT2D eigenvalue weighted by Crippen LogP contribution is 2.39. The van der Waals surface area contributed by atoms with Gasteiger partial charge in [0.05, 0.1) is 12.1 Å². The van der Waals surface area contributed by atoms with Crippen LogP contribution in [-0.4, -0.2) is 8.66 Å². The first-order valence-electron chi connectivity index (χ1n) is 11.7. The van der Waals surface area contributed by atoms with Crippen LogP contribution >= 0.6 is 7.73 Å². The lowest BCUT2D eigenvalue weighted by Gasteiger charge is -2.11. The minimum Gasteiger partial charge on any atom is -0.135 e. The van der Waals surface area contributed by atoms with Crippen LogP contribution in [-0.2, 0) is 4.57 Å². The highest BCUT2D eigenvalue weighted by molar-refractivity contribution is 7.29. The summed E-state index contributed by atoms with van der Waals surface area (Å²) >= 11 is 0. The predicted octanol–water partition coefficient (Wildman–Crippen LogP) is 8.71. The van der Waals surface area contributed by atoms with E-state index in [1.165, 1.54) is 21.5 Å². The van der Waals surface area contributed by atoms with Gasteiger partial charge in [0.2, 0.25) is 0 Å². The number of benzene rings is 5. The zero-order valence-corrected chi connectivity index (χ0v) is 20.2. The number of fused-ring (bicyclic) bond motifs is 3. The molecule has 6 aromatic rings. The van der Waals surface area contributed by atoms with Gasteiger partial charge in [-0.1, -0.05) is 84.9 Å². The third kappa shape index (κ3) is 3.36. The Kier molecular flexibility index (Phi) is 5.08. The van der Waals surface area contributed by atoms with Gasteiger partial charge >= 0.3 is 7.73 Å². The minimum atomic E-state index is -1.81. The van der Waals surface area contributed by atoms with Gasteiger partial charge < -0.3 is 0 Å². The molecule has 5 aromatic carbocycles. The van der Waals surface area contributed by atoms with Gasteiger partial charge in [0.25, 0.3) is 0 Å². The molecule has 3 nitrogen and oxygen atoms in total. The van der Waals surface area contributed by atoms with Crippen molar-refractivity contribution >= 4 is 40.3 Å². The summed E-state index contributed by atoms with van der Waals surface area (Å²) in [5.74, 6) is 0. The molecule has 6 rings (SSSR count). The second-order valence-electron chi connectivity index (χ2n) is 9.00. The molecule has 2 atom stereocenters. The van der Waals surface area contributed by atoms with E-state index < -0.39 is 7.73 Å². The quantitative estimate of drug-likeness (QED) is 0.258. The Hall–Kier alpha value is -3.68. The van der Waals surface area contributed by atoms with Crippen LogP contribution in [0.4, 0.5) is 0 Å². The molecule has 0 amide bonds. The third-order valence-corrected chi connectivity index (χ3v) is 8.85. The zero-order valence-electron chi connectivity index (χ0n) is 19.3. The Morgan fingerprint density at radius 1 is 0.529 bits per heavy atom. The number of rotatable bonds is 4. The van der Waals surface area contributed by atoms with E-state index in [9.17, 15) is 4.57 Å². The summed E-state index contributed by atoms with van der Waals surface area (Å²) < 4.78 is 18.3. The molecule has 0 spiro atoms. The van der Waals surface area contributed by atoms with Crippen LogP contribution in [0, 0.1) is 0 Å². The summed E-state index contributed by atoms with van der Waals surface area (Å²) in [6.45, 7) is 4.30. The first-order chi connectivity index (χ1) is 16.6. The molecule has 0 aliphatic heterocycles. The van der Waals surface area contributed by atoms with Crippen LogP contribution in [0.2, 0.25) is 0 Å². The molecule has 4 heteroatoms. The smallest absolute Gasteiger partial charge is 0.135 e. The molecular formula is C30H26N2OP+. The van der Waals surface area contributed by atoms with Crippen LogP contribution in [0.1, 0.15) is 37.1 Å². The van der Waals surface area contributed by atoms with Crippen molar-refractivity contribution in [1.29, 1.82) is 0 Å². The van der Waals surface area contributed by atoms with Crippen molar-refractivity contribution in [2.75, 3.05) is 0 Å². The monoisotopic (exact) mass is 461 g/mol. The molecule has 0 bridgehead atoms. The molecule has 0 fully saturated rings. The van der Waals surface area contributed by atoms with Gasteiger partial charge in [-0.2, -0.15) is 0 Å². The van der Waals surface area contributed by atoms with Crippen LogP contribution in [0.15, 0.2) is 109 Å². The fourth-order valence-electron chi connectivity index (χ4n) is 5.07. The lowest BCUT2D eigenvalue weighted by molar-refractivity contribution is 0.563. The summed E-state index contributed by atoms with van der Waals surface area (Å²) in [5.41, 5.74) is 4.38. The van der Waals surface area contributed by atoms with Gasteiger partial charge in [-0.3, -0.25) is 0 Å². The molecular weight excluding hydrogens is 435 g/mol. The second kappa shape index (κ2) is 8.27. The average molecular weight is 462 g/mol. The number of aromatic nitrogens is 2. The SMILES string of the molecule is C[C@H](c1ccc2ccccc2c1)n1c2ccccc2n([C@H](C)c2ccc3ccccc3c2)[p+]1=O. The van der Waals surface area contributed by atoms with Crippen molar-refractivity contribution in [3.8, 4) is 0 Å². The number of para-hydroxylation sites is 2. The molecule has 0 saturated carbocycles. The lowest BCUT2D eigenvalue weighted by Crippen LogP contribution is -2.05. The molecule has 0 N–H and O–H groups in total. The lowest BCUT2D eigenvalue weighted by atomic mass is 10.0. The molecule has 0 unspecified atom stereocenters. The molecule has 166 valence electrons. The maximum Gasteiger partial charge on any atom is 0.597 e. The molecule has 1 aromatic heterocycles.